The van der Waals surface area contributed by atoms with Crippen LogP contribution in [-0.4, -0.2) is 24.2 Å². The maximum atomic E-state index is 12.6. The van der Waals surface area contributed by atoms with Gasteiger partial charge in [-0.1, -0.05) is 38.1 Å². The van der Waals surface area contributed by atoms with Crippen LogP contribution in [0.2, 0.25) is 0 Å². The van der Waals surface area contributed by atoms with Gasteiger partial charge in [-0.05, 0) is 35.2 Å². The molecule has 3 aromatic rings. The van der Waals surface area contributed by atoms with E-state index in [2.05, 4.69) is 30.2 Å². The van der Waals surface area contributed by atoms with E-state index in [1.54, 1.807) is 0 Å². The highest BCUT2D eigenvalue weighted by Crippen LogP contribution is 2.39. The van der Waals surface area contributed by atoms with Crippen LogP contribution in [0.25, 0.3) is 10.9 Å². The first kappa shape index (κ1) is 17.5. The van der Waals surface area contributed by atoms with Crippen LogP contribution in [0, 0.1) is 5.92 Å². The van der Waals surface area contributed by atoms with Gasteiger partial charge in [0, 0.05) is 36.0 Å². The molecule has 0 saturated carbocycles. The van der Waals surface area contributed by atoms with Gasteiger partial charge in [-0.2, -0.15) is 0 Å². The van der Waals surface area contributed by atoms with Gasteiger partial charge >= 0.3 is 0 Å². The zero-order chi connectivity index (χ0) is 18.8. The Balaban J connectivity index is 1.70. The van der Waals surface area contributed by atoms with Crippen molar-refractivity contribution in [3.63, 3.8) is 0 Å². The monoisotopic (exact) mass is 364 g/mol. The highest BCUT2D eigenvalue weighted by Gasteiger charge is 2.24. The van der Waals surface area contributed by atoms with Gasteiger partial charge in [0.15, 0.2) is 11.5 Å². The predicted octanol–water partition coefficient (Wildman–Crippen LogP) is 4.19. The lowest BCUT2D eigenvalue weighted by molar-refractivity contribution is -0.121. The molecule has 140 valence electrons. The van der Waals surface area contributed by atoms with Crippen molar-refractivity contribution < 1.29 is 14.3 Å². The molecule has 5 heteroatoms. The molecule has 0 radical (unpaired) electrons. The third-order valence-corrected chi connectivity index (χ3v) is 4.89. The maximum absolute atomic E-state index is 12.6. The molecular weight excluding hydrogens is 340 g/mol. The molecule has 0 aliphatic carbocycles. The Bertz CT molecular complexity index is 961. The summed E-state index contributed by atoms with van der Waals surface area (Å²) in [6.07, 6.45) is 2.39. The number of carbonyl (C=O) groups is 1. The Kier molecular flexibility index (Phi) is 4.75. The van der Waals surface area contributed by atoms with Gasteiger partial charge < -0.3 is 19.8 Å². The van der Waals surface area contributed by atoms with Gasteiger partial charge in [-0.3, -0.25) is 4.79 Å². The van der Waals surface area contributed by atoms with Gasteiger partial charge in [0.1, 0.15) is 0 Å². The van der Waals surface area contributed by atoms with Gasteiger partial charge in [-0.25, -0.2) is 0 Å². The summed E-state index contributed by atoms with van der Waals surface area (Å²) >= 11 is 0. The number of hydrogen-bond donors (Lipinski definition) is 2. The zero-order valence-electron chi connectivity index (χ0n) is 15.6. The van der Waals surface area contributed by atoms with Crippen molar-refractivity contribution in [2.75, 3.05) is 13.3 Å². The second-order valence-electron chi connectivity index (χ2n) is 7.36. The number of para-hydroxylation sites is 1. The van der Waals surface area contributed by atoms with Crippen LogP contribution in [0.4, 0.5) is 0 Å². The van der Waals surface area contributed by atoms with E-state index in [4.69, 9.17) is 9.47 Å². The standard InChI is InChI=1S/C22H24N2O3/c1-14(2)11-24-22(25)10-17(15-7-8-20-21(9-15)27-13-26-20)18-12-23-19-6-4-3-5-16(18)19/h3-9,12,14,17,23H,10-11,13H2,1-2H3,(H,24,25)/t17-/m1/s1. The quantitative estimate of drug-likeness (QED) is 0.689. The van der Waals surface area contributed by atoms with Crippen LogP contribution in [-0.2, 0) is 4.79 Å². The minimum atomic E-state index is -0.0668. The second-order valence-corrected chi connectivity index (χ2v) is 7.36. The van der Waals surface area contributed by atoms with Crippen molar-refractivity contribution >= 4 is 16.8 Å². The van der Waals surface area contributed by atoms with E-state index in [1.807, 2.05) is 42.6 Å². The summed E-state index contributed by atoms with van der Waals surface area (Å²) < 4.78 is 11.0. The van der Waals surface area contributed by atoms with Gasteiger partial charge in [-0.15, -0.1) is 0 Å². The highest BCUT2D eigenvalue weighted by atomic mass is 16.7. The number of ether oxygens (including phenoxy) is 2. The third-order valence-electron chi connectivity index (χ3n) is 4.89. The van der Waals surface area contributed by atoms with Crippen molar-refractivity contribution in [3.8, 4) is 11.5 Å². The van der Waals surface area contributed by atoms with Crippen LogP contribution < -0.4 is 14.8 Å². The molecule has 0 spiro atoms. The van der Waals surface area contributed by atoms with Crippen molar-refractivity contribution in [2.24, 2.45) is 5.92 Å². The predicted molar refractivity (Wildman–Crippen MR) is 105 cm³/mol. The van der Waals surface area contributed by atoms with Gasteiger partial charge in [0.2, 0.25) is 12.7 Å². The fourth-order valence-electron chi connectivity index (χ4n) is 3.50. The number of H-pyrrole nitrogens is 1. The largest absolute Gasteiger partial charge is 0.454 e. The first-order valence-electron chi connectivity index (χ1n) is 9.34. The fraction of sp³-hybridized carbons (Fsp3) is 0.318. The first-order valence-corrected chi connectivity index (χ1v) is 9.34. The third kappa shape index (κ3) is 3.63. The van der Waals surface area contributed by atoms with Crippen LogP contribution in [0.3, 0.4) is 0 Å². The maximum Gasteiger partial charge on any atom is 0.231 e. The minimum Gasteiger partial charge on any atom is -0.454 e. The molecule has 1 aliphatic heterocycles. The van der Waals surface area contributed by atoms with E-state index in [0.717, 1.165) is 33.5 Å². The van der Waals surface area contributed by atoms with Crippen LogP contribution in [0.5, 0.6) is 11.5 Å². The van der Waals surface area contributed by atoms with E-state index in [9.17, 15) is 4.79 Å². The van der Waals surface area contributed by atoms with Crippen molar-refractivity contribution in [1.82, 2.24) is 10.3 Å². The molecule has 27 heavy (non-hydrogen) atoms. The summed E-state index contributed by atoms with van der Waals surface area (Å²) in [7, 11) is 0. The number of aromatic nitrogens is 1. The number of hydrogen-bond acceptors (Lipinski definition) is 3. The topological polar surface area (TPSA) is 63.4 Å². The number of fused-ring (bicyclic) bond motifs is 2. The Morgan fingerprint density at radius 2 is 1.96 bits per heavy atom. The Labute approximate surface area is 158 Å². The van der Waals surface area contributed by atoms with E-state index < -0.39 is 0 Å². The Morgan fingerprint density at radius 1 is 1.15 bits per heavy atom. The summed E-state index contributed by atoms with van der Waals surface area (Å²) in [6, 6.07) is 14.1. The Hall–Kier alpha value is -2.95. The molecule has 0 saturated heterocycles. The second kappa shape index (κ2) is 7.35. The molecular formula is C22H24N2O3. The molecule has 2 heterocycles. The average Bonchev–Trinajstić information content (AvgIpc) is 3.30. The van der Waals surface area contributed by atoms with Gasteiger partial charge in [0.05, 0.1) is 0 Å². The van der Waals surface area contributed by atoms with Crippen LogP contribution >= 0.6 is 0 Å². The van der Waals surface area contributed by atoms with Crippen molar-refractivity contribution in [2.45, 2.75) is 26.2 Å². The molecule has 2 N–H and O–H groups in total. The summed E-state index contributed by atoms with van der Waals surface area (Å²) in [6.45, 7) is 5.11. The smallest absolute Gasteiger partial charge is 0.231 e. The lowest BCUT2D eigenvalue weighted by atomic mass is 9.87. The van der Waals surface area contributed by atoms with E-state index in [0.29, 0.717) is 18.9 Å². The number of amides is 1. The van der Waals surface area contributed by atoms with Crippen LogP contribution in [0.1, 0.15) is 37.3 Å². The highest BCUT2D eigenvalue weighted by molar-refractivity contribution is 5.86. The lowest BCUT2D eigenvalue weighted by Crippen LogP contribution is -2.28. The Morgan fingerprint density at radius 3 is 2.81 bits per heavy atom. The number of aromatic amines is 1. The number of carbonyl (C=O) groups excluding carboxylic acids is 1. The zero-order valence-corrected chi connectivity index (χ0v) is 15.6. The van der Waals surface area contributed by atoms with E-state index in [1.165, 1.54) is 0 Å². The molecule has 5 nitrogen and oxygen atoms in total. The van der Waals surface area contributed by atoms with Crippen molar-refractivity contribution in [1.29, 1.82) is 0 Å². The summed E-state index contributed by atoms with van der Waals surface area (Å²) in [5.41, 5.74) is 3.23. The van der Waals surface area contributed by atoms with Crippen molar-refractivity contribution in [3.05, 3.63) is 59.8 Å². The fourth-order valence-corrected chi connectivity index (χ4v) is 3.50. The molecule has 1 atom stereocenters. The molecule has 0 fully saturated rings. The van der Waals surface area contributed by atoms with E-state index >= 15 is 0 Å². The summed E-state index contributed by atoms with van der Waals surface area (Å²) in [5.74, 6) is 1.89. The number of rotatable bonds is 6. The number of nitrogens with one attached hydrogen (secondary N) is 2. The van der Waals surface area contributed by atoms with E-state index in [-0.39, 0.29) is 18.6 Å². The minimum absolute atomic E-state index is 0.0525. The van der Waals surface area contributed by atoms with Gasteiger partial charge in [0.25, 0.3) is 0 Å². The summed E-state index contributed by atoms with van der Waals surface area (Å²) in [5, 5.41) is 4.18. The molecule has 0 unspecified atom stereocenters. The summed E-state index contributed by atoms with van der Waals surface area (Å²) in [4.78, 5) is 15.9. The normalized spacial score (nSPS) is 13.9. The van der Waals surface area contributed by atoms with Crippen LogP contribution in [0.15, 0.2) is 48.7 Å². The average molecular weight is 364 g/mol. The molecule has 1 aliphatic rings. The lowest BCUT2D eigenvalue weighted by Gasteiger charge is -2.18. The molecule has 1 aromatic heterocycles. The molecule has 0 bridgehead atoms. The first-order chi connectivity index (χ1) is 13.1. The molecule has 1 amide bonds. The molecule has 4 rings (SSSR count). The molecule has 2 aromatic carbocycles. The SMILES string of the molecule is CC(C)CNC(=O)C[C@H](c1ccc2c(c1)OCO2)c1c[nH]c2ccccc12. The number of benzene rings is 2.